The quantitative estimate of drug-likeness (QED) is 0.442. The summed E-state index contributed by atoms with van der Waals surface area (Å²) in [5.74, 6) is -1.16. The fourth-order valence-electron chi connectivity index (χ4n) is 1.19. The molecule has 0 bridgehead atoms. The van der Waals surface area contributed by atoms with Gasteiger partial charge in [-0.05, 0) is 17.7 Å². The van der Waals surface area contributed by atoms with E-state index in [2.05, 4.69) is 25.7 Å². The molecule has 11 heteroatoms. The van der Waals surface area contributed by atoms with Crippen LogP contribution < -0.4 is 4.74 Å². The van der Waals surface area contributed by atoms with Crippen LogP contribution in [0.2, 0.25) is 0 Å². The summed E-state index contributed by atoms with van der Waals surface area (Å²) in [5.41, 5.74) is -3.37. The van der Waals surface area contributed by atoms with Gasteiger partial charge in [0.15, 0.2) is 11.4 Å². The normalized spacial score (nSPS) is 12.4. The van der Waals surface area contributed by atoms with Crippen molar-refractivity contribution in [2.24, 2.45) is 0 Å². The van der Waals surface area contributed by atoms with Crippen molar-refractivity contribution >= 4 is 32.8 Å². The number of ether oxygens (including phenoxy) is 1. The molecular formula is C9H3BrClF6NO2. The number of aromatic nitrogens is 1. The minimum atomic E-state index is -5.21. The van der Waals surface area contributed by atoms with Gasteiger partial charge in [0.2, 0.25) is 0 Å². The Morgan fingerprint density at radius 3 is 2.20 bits per heavy atom. The first-order chi connectivity index (χ1) is 8.95. The van der Waals surface area contributed by atoms with Crippen LogP contribution in [0.15, 0.2) is 6.07 Å². The lowest BCUT2D eigenvalue weighted by Crippen LogP contribution is -2.21. The minimum absolute atomic E-state index is 0.332. The minimum Gasteiger partial charge on any atom is -0.403 e. The summed E-state index contributed by atoms with van der Waals surface area (Å²) in [7, 11) is 0. The van der Waals surface area contributed by atoms with Gasteiger partial charge in [-0.25, -0.2) is 4.98 Å². The maximum atomic E-state index is 12.5. The predicted molar refractivity (Wildman–Crippen MR) is 58.7 cm³/mol. The molecular weight excluding hydrogens is 383 g/mol. The van der Waals surface area contributed by atoms with Gasteiger partial charge in [0, 0.05) is 10.9 Å². The van der Waals surface area contributed by atoms with Crippen LogP contribution in [0.25, 0.3) is 0 Å². The Balaban J connectivity index is 3.53. The van der Waals surface area contributed by atoms with Gasteiger partial charge in [0.05, 0.1) is 0 Å². The molecule has 1 aromatic rings. The van der Waals surface area contributed by atoms with Crippen molar-refractivity contribution in [3.8, 4) is 5.75 Å². The van der Waals surface area contributed by atoms with E-state index in [1.807, 2.05) is 0 Å². The summed E-state index contributed by atoms with van der Waals surface area (Å²) in [5, 5.41) is -2.03. The van der Waals surface area contributed by atoms with Crippen molar-refractivity contribution in [3.63, 3.8) is 0 Å². The number of carbonyl (C=O) groups is 1. The van der Waals surface area contributed by atoms with Gasteiger partial charge in [0.25, 0.3) is 5.24 Å². The average molecular weight is 386 g/mol. The van der Waals surface area contributed by atoms with Gasteiger partial charge >= 0.3 is 12.5 Å². The summed E-state index contributed by atoms with van der Waals surface area (Å²) in [4.78, 5) is 13.8. The van der Waals surface area contributed by atoms with Crippen molar-refractivity contribution < 1.29 is 35.9 Å². The lowest BCUT2D eigenvalue weighted by atomic mass is 10.2. The lowest BCUT2D eigenvalue weighted by Gasteiger charge is -2.16. The van der Waals surface area contributed by atoms with Crippen LogP contribution in [0.4, 0.5) is 26.3 Å². The number of nitrogens with zero attached hydrogens (tertiary/aromatic N) is 1. The fraction of sp³-hybridized carbons (Fsp3) is 0.333. The molecule has 1 heterocycles. The van der Waals surface area contributed by atoms with Crippen molar-refractivity contribution in [1.29, 1.82) is 0 Å². The van der Waals surface area contributed by atoms with Crippen LogP contribution in [0.5, 0.6) is 5.75 Å². The number of carbonyl (C=O) groups excluding carboxylic acids is 1. The van der Waals surface area contributed by atoms with Gasteiger partial charge in [-0.3, -0.25) is 4.79 Å². The average Bonchev–Trinajstić information content (AvgIpc) is 2.25. The van der Waals surface area contributed by atoms with Gasteiger partial charge in [0.1, 0.15) is 5.69 Å². The number of hydrogen-bond acceptors (Lipinski definition) is 3. The molecule has 0 aromatic carbocycles. The predicted octanol–water partition coefficient (Wildman–Crippen LogP) is 4.27. The SMILES string of the molecule is O=C(Cl)c1nc(C(F)(F)F)cc(CBr)c1OC(F)(F)F. The maximum absolute atomic E-state index is 12.5. The first kappa shape index (κ1) is 17.0. The molecule has 112 valence electrons. The summed E-state index contributed by atoms with van der Waals surface area (Å²) in [6, 6.07) is 0.332. The van der Waals surface area contributed by atoms with Crippen LogP contribution in [0.3, 0.4) is 0 Å². The summed E-state index contributed by atoms with van der Waals surface area (Å²) in [6.07, 6.45) is -10.2. The number of halogens is 8. The first-order valence-corrected chi connectivity index (χ1v) is 6.08. The molecule has 0 radical (unpaired) electrons. The Kier molecular flexibility index (Phi) is 4.90. The Morgan fingerprint density at radius 2 is 1.85 bits per heavy atom. The van der Waals surface area contributed by atoms with E-state index in [-0.39, 0.29) is 0 Å². The van der Waals surface area contributed by atoms with Crippen molar-refractivity contribution in [1.82, 2.24) is 4.98 Å². The molecule has 0 fully saturated rings. The van der Waals surface area contributed by atoms with Crippen LogP contribution in [0.1, 0.15) is 21.7 Å². The number of pyridine rings is 1. The molecule has 0 aliphatic heterocycles. The van der Waals surface area contributed by atoms with Crippen LogP contribution >= 0.6 is 27.5 Å². The van der Waals surface area contributed by atoms with Gasteiger partial charge in [-0.1, -0.05) is 15.9 Å². The second-order valence-electron chi connectivity index (χ2n) is 3.30. The Bertz CT molecular complexity index is 530. The number of alkyl halides is 7. The number of rotatable bonds is 3. The van der Waals surface area contributed by atoms with E-state index >= 15 is 0 Å². The second kappa shape index (κ2) is 5.76. The molecule has 0 atom stereocenters. The second-order valence-corrected chi connectivity index (χ2v) is 4.20. The third-order valence-electron chi connectivity index (χ3n) is 1.89. The summed E-state index contributed by atoms with van der Waals surface area (Å²) in [6.45, 7) is 0. The third-order valence-corrected chi connectivity index (χ3v) is 2.67. The van der Waals surface area contributed by atoms with Crippen LogP contribution in [-0.2, 0) is 11.5 Å². The van der Waals surface area contributed by atoms with E-state index in [4.69, 9.17) is 11.6 Å². The van der Waals surface area contributed by atoms with E-state index in [9.17, 15) is 31.1 Å². The molecule has 0 aliphatic rings. The van der Waals surface area contributed by atoms with Crippen LogP contribution in [0, 0.1) is 0 Å². The Labute approximate surface area is 121 Å². The van der Waals surface area contributed by atoms with E-state index in [0.717, 1.165) is 0 Å². The Hall–Kier alpha value is -1.03. The topological polar surface area (TPSA) is 39.2 Å². The highest BCUT2D eigenvalue weighted by atomic mass is 79.9. The van der Waals surface area contributed by atoms with Crippen molar-refractivity contribution in [3.05, 3.63) is 23.0 Å². The molecule has 3 nitrogen and oxygen atoms in total. The summed E-state index contributed by atoms with van der Waals surface area (Å²) < 4.78 is 77.7. The van der Waals surface area contributed by atoms with E-state index in [0.29, 0.717) is 6.07 Å². The van der Waals surface area contributed by atoms with E-state index < -0.39 is 45.8 Å². The highest BCUT2D eigenvalue weighted by Crippen LogP contribution is 2.36. The van der Waals surface area contributed by atoms with Crippen LogP contribution in [-0.4, -0.2) is 16.6 Å². The molecule has 0 amide bonds. The zero-order valence-electron chi connectivity index (χ0n) is 9.07. The smallest absolute Gasteiger partial charge is 0.403 e. The van der Waals surface area contributed by atoms with Gasteiger partial charge in [-0.2, -0.15) is 13.2 Å². The first-order valence-electron chi connectivity index (χ1n) is 4.58. The van der Waals surface area contributed by atoms with Crippen molar-refractivity contribution in [2.75, 3.05) is 0 Å². The molecule has 0 saturated heterocycles. The lowest BCUT2D eigenvalue weighted by molar-refractivity contribution is -0.275. The highest BCUT2D eigenvalue weighted by Gasteiger charge is 2.38. The third kappa shape index (κ3) is 4.23. The monoisotopic (exact) mass is 385 g/mol. The van der Waals surface area contributed by atoms with E-state index in [1.54, 1.807) is 0 Å². The molecule has 0 aliphatic carbocycles. The van der Waals surface area contributed by atoms with Gasteiger partial charge < -0.3 is 4.74 Å². The fourth-order valence-corrected chi connectivity index (χ4v) is 1.74. The number of hydrogen-bond donors (Lipinski definition) is 0. The standard InChI is InChI=1S/C9H3BrClF6NO2/c10-2-3-1-4(8(12,13)14)18-5(7(11)19)6(3)20-9(15,16)17/h1H,2H2. The zero-order valence-corrected chi connectivity index (χ0v) is 11.4. The van der Waals surface area contributed by atoms with E-state index in [1.165, 1.54) is 0 Å². The summed E-state index contributed by atoms with van der Waals surface area (Å²) >= 11 is 7.66. The molecule has 1 rings (SSSR count). The molecule has 0 saturated carbocycles. The maximum Gasteiger partial charge on any atom is 0.573 e. The highest BCUT2D eigenvalue weighted by molar-refractivity contribution is 9.08. The molecule has 0 N–H and O–H groups in total. The van der Waals surface area contributed by atoms with Crippen molar-refractivity contribution in [2.45, 2.75) is 17.9 Å². The largest absolute Gasteiger partial charge is 0.573 e. The van der Waals surface area contributed by atoms with Gasteiger partial charge in [-0.15, -0.1) is 13.2 Å². The molecule has 1 aromatic heterocycles. The molecule has 20 heavy (non-hydrogen) atoms. The molecule has 0 unspecified atom stereocenters. The Morgan fingerprint density at radius 1 is 1.30 bits per heavy atom. The zero-order chi connectivity index (χ0) is 15.7. The molecule has 0 spiro atoms.